The molecule has 1 amide bonds. The lowest BCUT2D eigenvalue weighted by molar-refractivity contribution is 0.0152. The fraction of sp³-hybridized carbons (Fsp3) is 0.889. The Labute approximate surface area is 83.9 Å². The van der Waals surface area contributed by atoms with E-state index < -0.39 is 0 Å². The van der Waals surface area contributed by atoms with Crippen LogP contribution in [0.1, 0.15) is 34.1 Å². The molecule has 75 valence electrons. The molecule has 0 rings (SSSR count). The second-order valence-corrected chi connectivity index (χ2v) is 3.81. The number of carbonyl (C=O) groups excluding carboxylic acids is 1. The zero-order valence-electron chi connectivity index (χ0n) is 8.89. The van der Waals surface area contributed by atoms with E-state index >= 15 is 0 Å². The Hall–Kier alpha value is -0.513. The number of amides is 1. The second kappa shape index (κ2) is 5.27. The van der Waals surface area contributed by atoms with Crippen LogP contribution in [0, 0.1) is 0 Å². The van der Waals surface area contributed by atoms with E-state index in [9.17, 15) is 4.79 Å². The molecule has 0 aliphatic carbocycles. The van der Waals surface area contributed by atoms with E-state index in [2.05, 4.69) is 10.2 Å². The van der Waals surface area contributed by atoms with Crippen LogP contribution in [0.4, 0.5) is 4.79 Å². The Balaban J connectivity index is 4.13. The fourth-order valence-corrected chi connectivity index (χ4v) is 1.03. The Morgan fingerprint density at radius 1 is 1.46 bits per heavy atom. The average Bonchev–Trinajstić information content (AvgIpc) is 2.06. The van der Waals surface area contributed by atoms with E-state index in [1.54, 1.807) is 4.90 Å². The molecule has 0 aromatic heterocycles. The lowest BCUT2D eigenvalue weighted by atomic mass is 10.1. The Bertz CT molecular complexity index is 167. The van der Waals surface area contributed by atoms with E-state index in [-0.39, 0.29) is 11.7 Å². The summed E-state index contributed by atoms with van der Waals surface area (Å²) in [4.78, 5) is 13.0. The predicted octanol–water partition coefficient (Wildman–Crippen LogP) is 1.76. The standard InChI is InChI=1S/C9H18NO2Si/c1-5-9(3,4)12-8(11)10(6-2)7-13/h5-7H2,1-4H3. The summed E-state index contributed by atoms with van der Waals surface area (Å²) in [6.45, 7) is 8.39. The maximum Gasteiger partial charge on any atom is 0.409 e. The maximum atomic E-state index is 11.5. The Morgan fingerprint density at radius 3 is 2.31 bits per heavy atom. The Morgan fingerprint density at radius 2 is 2.00 bits per heavy atom. The van der Waals surface area contributed by atoms with Gasteiger partial charge in [-0.1, -0.05) is 6.92 Å². The maximum absolute atomic E-state index is 11.5. The molecule has 0 fully saturated rings. The van der Waals surface area contributed by atoms with Gasteiger partial charge in [-0.2, -0.15) is 0 Å². The third-order valence-electron chi connectivity index (χ3n) is 2.05. The minimum Gasteiger partial charge on any atom is -0.443 e. The summed E-state index contributed by atoms with van der Waals surface area (Å²) in [7, 11) is 3.28. The van der Waals surface area contributed by atoms with Crippen molar-refractivity contribution < 1.29 is 9.53 Å². The van der Waals surface area contributed by atoms with E-state index in [1.807, 2.05) is 27.7 Å². The summed E-state index contributed by atoms with van der Waals surface area (Å²) in [5.74, 6) is 0. The highest BCUT2D eigenvalue weighted by molar-refractivity contribution is 6.09. The molecule has 0 aromatic rings. The van der Waals surface area contributed by atoms with Crippen molar-refractivity contribution in [2.24, 2.45) is 0 Å². The van der Waals surface area contributed by atoms with Crippen LogP contribution in [0.15, 0.2) is 0 Å². The van der Waals surface area contributed by atoms with Crippen LogP contribution in [0.3, 0.4) is 0 Å². The van der Waals surface area contributed by atoms with Crippen LogP contribution < -0.4 is 0 Å². The number of nitrogens with zero attached hydrogens (tertiary/aromatic N) is 1. The monoisotopic (exact) mass is 200 g/mol. The molecule has 0 saturated heterocycles. The SMILES string of the molecule is CCN(C[Si])C(=O)OC(C)(C)CC. The zero-order valence-corrected chi connectivity index (χ0v) is 9.89. The first kappa shape index (κ1) is 12.5. The molecule has 3 nitrogen and oxygen atoms in total. The van der Waals surface area contributed by atoms with Crippen molar-refractivity contribution in [1.82, 2.24) is 4.90 Å². The van der Waals surface area contributed by atoms with E-state index in [4.69, 9.17) is 4.74 Å². The molecule has 0 unspecified atom stereocenters. The van der Waals surface area contributed by atoms with Crippen molar-refractivity contribution >= 4 is 16.3 Å². The molecule has 3 radical (unpaired) electrons. The highest BCUT2D eigenvalue weighted by Crippen LogP contribution is 2.14. The van der Waals surface area contributed by atoms with Gasteiger partial charge < -0.3 is 9.64 Å². The molecule has 0 N–H and O–H groups in total. The van der Waals surface area contributed by atoms with Gasteiger partial charge in [-0.15, -0.1) is 0 Å². The normalized spacial score (nSPS) is 11.2. The van der Waals surface area contributed by atoms with Crippen LogP contribution in [0.25, 0.3) is 0 Å². The third-order valence-corrected chi connectivity index (χ3v) is 2.43. The smallest absolute Gasteiger partial charge is 0.409 e. The van der Waals surface area contributed by atoms with Crippen LogP contribution in [0.2, 0.25) is 0 Å². The molecule has 13 heavy (non-hydrogen) atoms. The van der Waals surface area contributed by atoms with Crippen molar-refractivity contribution in [3.8, 4) is 0 Å². The predicted molar refractivity (Wildman–Crippen MR) is 53.9 cm³/mol. The first-order valence-corrected chi connectivity index (χ1v) is 5.30. The minimum atomic E-state index is -0.369. The molecule has 0 aliphatic rings. The summed E-state index contributed by atoms with van der Waals surface area (Å²) in [6, 6.07) is 0. The quantitative estimate of drug-likeness (QED) is 0.647. The van der Waals surface area contributed by atoms with Gasteiger partial charge in [-0.25, -0.2) is 4.79 Å². The van der Waals surface area contributed by atoms with Crippen LogP contribution in [0.5, 0.6) is 0 Å². The molecular formula is C9H18NO2Si. The number of hydrogen-bond acceptors (Lipinski definition) is 2. The molecule has 0 atom stereocenters. The van der Waals surface area contributed by atoms with Crippen molar-refractivity contribution in [1.29, 1.82) is 0 Å². The van der Waals surface area contributed by atoms with Gasteiger partial charge in [0.25, 0.3) is 0 Å². The van der Waals surface area contributed by atoms with Crippen molar-refractivity contribution in [3.63, 3.8) is 0 Å². The number of ether oxygens (including phenoxy) is 1. The lowest BCUT2D eigenvalue weighted by Crippen LogP contribution is -2.38. The van der Waals surface area contributed by atoms with Gasteiger partial charge in [-0.05, 0) is 27.2 Å². The van der Waals surface area contributed by atoms with Crippen LogP contribution >= 0.6 is 0 Å². The minimum absolute atomic E-state index is 0.260. The van der Waals surface area contributed by atoms with Gasteiger partial charge in [0.1, 0.15) is 5.60 Å². The van der Waals surface area contributed by atoms with Gasteiger partial charge in [0.15, 0.2) is 0 Å². The number of hydrogen-bond donors (Lipinski definition) is 0. The second-order valence-electron chi connectivity index (χ2n) is 3.50. The van der Waals surface area contributed by atoms with Gasteiger partial charge in [0.2, 0.25) is 0 Å². The largest absolute Gasteiger partial charge is 0.443 e. The molecule has 0 saturated carbocycles. The molecule has 0 spiro atoms. The first-order valence-electron chi connectivity index (χ1n) is 4.59. The average molecular weight is 200 g/mol. The summed E-state index contributed by atoms with van der Waals surface area (Å²) < 4.78 is 5.29. The molecule has 0 aliphatic heterocycles. The van der Waals surface area contributed by atoms with Gasteiger partial charge in [-0.3, -0.25) is 0 Å². The van der Waals surface area contributed by atoms with Gasteiger partial charge in [0.05, 0.1) is 10.2 Å². The molecule has 0 aromatic carbocycles. The summed E-state index contributed by atoms with van der Waals surface area (Å²) >= 11 is 0. The summed E-state index contributed by atoms with van der Waals surface area (Å²) in [5.41, 5.74) is -0.369. The highest BCUT2D eigenvalue weighted by Gasteiger charge is 2.22. The molecule has 0 heterocycles. The van der Waals surface area contributed by atoms with Crippen LogP contribution in [-0.4, -0.2) is 39.5 Å². The molecule has 0 bridgehead atoms. The zero-order chi connectivity index (χ0) is 10.5. The number of carbonyl (C=O) groups is 1. The third kappa shape index (κ3) is 4.31. The van der Waals surface area contributed by atoms with E-state index in [1.165, 1.54) is 0 Å². The van der Waals surface area contributed by atoms with E-state index in [0.29, 0.717) is 12.7 Å². The fourth-order valence-electron chi connectivity index (χ4n) is 0.679. The highest BCUT2D eigenvalue weighted by atomic mass is 28.1. The first-order chi connectivity index (χ1) is 5.96. The van der Waals surface area contributed by atoms with Gasteiger partial charge >= 0.3 is 6.09 Å². The van der Waals surface area contributed by atoms with Crippen LogP contribution in [-0.2, 0) is 4.74 Å². The topological polar surface area (TPSA) is 29.5 Å². The van der Waals surface area contributed by atoms with E-state index in [0.717, 1.165) is 6.42 Å². The Kier molecular flexibility index (Phi) is 5.06. The number of rotatable bonds is 4. The molecule has 4 heteroatoms. The van der Waals surface area contributed by atoms with Crippen molar-refractivity contribution in [3.05, 3.63) is 0 Å². The van der Waals surface area contributed by atoms with Gasteiger partial charge in [0, 0.05) is 12.7 Å². The summed E-state index contributed by atoms with van der Waals surface area (Å²) in [6.07, 6.45) is 1.07. The van der Waals surface area contributed by atoms with Crippen molar-refractivity contribution in [2.75, 3.05) is 12.7 Å². The molecular weight excluding hydrogens is 182 g/mol. The van der Waals surface area contributed by atoms with Crippen molar-refractivity contribution in [2.45, 2.75) is 39.7 Å². The summed E-state index contributed by atoms with van der Waals surface area (Å²) in [5, 5.41) is 0. The lowest BCUT2D eigenvalue weighted by Gasteiger charge is -2.27.